The van der Waals surface area contributed by atoms with Crippen LogP contribution in [0.25, 0.3) is 0 Å². The molecule has 1 saturated heterocycles. The number of pyridine rings is 1. The van der Waals surface area contributed by atoms with Gasteiger partial charge >= 0.3 is 0 Å². The second-order valence-corrected chi connectivity index (χ2v) is 5.19. The van der Waals surface area contributed by atoms with Gasteiger partial charge in [0.15, 0.2) is 0 Å². The summed E-state index contributed by atoms with van der Waals surface area (Å²) >= 11 is 0. The lowest BCUT2D eigenvalue weighted by molar-refractivity contribution is 0.366. The van der Waals surface area contributed by atoms with Gasteiger partial charge in [-0.2, -0.15) is 0 Å². The fourth-order valence-electron chi connectivity index (χ4n) is 2.79. The van der Waals surface area contributed by atoms with Gasteiger partial charge in [0.2, 0.25) is 0 Å². The third kappa shape index (κ3) is 3.22. The zero-order chi connectivity index (χ0) is 12.8. The Morgan fingerprint density at radius 1 is 1.44 bits per heavy atom. The summed E-state index contributed by atoms with van der Waals surface area (Å²) in [6, 6.07) is 7.32. The summed E-state index contributed by atoms with van der Waals surface area (Å²) in [5.74, 6) is 1.13. The summed E-state index contributed by atoms with van der Waals surface area (Å²) in [5, 5.41) is 3.63. The first-order valence-corrected chi connectivity index (χ1v) is 7.24. The van der Waals surface area contributed by atoms with Gasteiger partial charge in [-0.1, -0.05) is 13.0 Å². The summed E-state index contributed by atoms with van der Waals surface area (Å²) < 4.78 is 0. The molecule has 2 heterocycles. The van der Waals surface area contributed by atoms with Crippen LogP contribution in [0.15, 0.2) is 24.4 Å². The Balaban J connectivity index is 2.06. The van der Waals surface area contributed by atoms with Crippen LogP contribution < -0.4 is 10.2 Å². The molecule has 100 valence electrons. The minimum atomic E-state index is 0.534. The molecular weight excluding hydrogens is 222 g/mol. The van der Waals surface area contributed by atoms with E-state index in [-0.39, 0.29) is 0 Å². The van der Waals surface area contributed by atoms with Crippen molar-refractivity contribution in [2.24, 2.45) is 0 Å². The van der Waals surface area contributed by atoms with Gasteiger partial charge in [0.05, 0.1) is 0 Å². The van der Waals surface area contributed by atoms with Crippen LogP contribution in [0.3, 0.4) is 0 Å². The maximum Gasteiger partial charge on any atom is 0.128 e. The number of nitrogens with one attached hydrogen (secondary N) is 1. The highest BCUT2D eigenvalue weighted by atomic mass is 15.2. The van der Waals surface area contributed by atoms with Crippen molar-refractivity contribution in [2.45, 2.75) is 51.6 Å². The number of rotatable bonds is 5. The average Bonchev–Trinajstić information content (AvgIpc) is 2.45. The third-order valence-corrected chi connectivity index (χ3v) is 3.79. The Kier molecular flexibility index (Phi) is 5.00. The summed E-state index contributed by atoms with van der Waals surface area (Å²) in [6.45, 7) is 6.77. The van der Waals surface area contributed by atoms with Gasteiger partial charge < -0.3 is 10.2 Å². The van der Waals surface area contributed by atoms with E-state index in [1.54, 1.807) is 0 Å². The van der Waals surface area contributed by atoms with Crippen LogP contribution in [-0.2, 0) is 0 Å². The lowest BCUT2D eigenvalue weighted by Crippen LogP contribution is -2.51. The van der Waals surface area contributed by atoms with Gasteiger partial charge in [-0.25, -0.2) is 4.98 Å². The average molecular weight is 247 g/mol. The molecule has 18 heavy (non-hydrogen) atoms. The van der Waals surface area contributed by atoms with Crippen LogP contribution in [-0.4, -0.2) is 30.2 Å². The summed E-state index contributed by atoms with van der Waals surface area (Å²) in [5.41, 5.74) is 0. The van der Waals surface area contributed by atoms with Crippen molar-refractivity contribution < 1.29 is 0 Å². The van der Waals surface area contributed by atoms with Gasteiger partial charge in [0.25, 0.3) is 0 Å². The van der Waals surface area contributed by atoms with E-state index < -0.39 is 0 Å². The summed E-state index contributed by atoms with van der Waals surface area (Å²) in [4.78, 5) is 7.00. The third-order valence-electron chi connectivity index (χ3n) is 3.79. The first kappa shape index (κ1) is 13.3. The highest BCUT2D eigenvalue weighted by molar-refractivity contribution is 5.40. The number of anilines is 1. The number of hydrogen-bond donors (Lipinski definition) is 1. The van der Waals surface area contributed by atoms with Crippen LogP contribution in [0.1, 0.15) is 39.5 Å². The molecule has 1 aliphatic rings. The van der Waals surface area contributed by atoms with Crippen LogP contribution in [0.5, 0.6) is 0 Å². The van der Waals surface area contributed by atoms with Crippen LogP contribution in [0.4, 0.5) is 5.82 Å². The highest BCUT2D eigenvalue weighted by Crippen LogP contribution is 2.24. The van der Waals surface area contributed by atoms with Gasteiger partial charge in [-0.05, 0) is 51.3 Å². The van der Waals surface area contributed by atoms with Crippen molar-refractivity contribution in [3.63, 3.8) is 0 Å². The Labute approximate surface area is 111 Å². The molecule has 2 unspecified atom stereocenters. The first-order chi connectivity index (χ1) is 8.83. The fourth-order valence-corrected chi connectivity index (χ4v) is 2.79. The van der Waals surface area contributed by atoms with Crippen molar-refractivity contribution in [1.82, 2.24) is 10.3 Å². The molecule has 0 aromatic carbocycles. The number of aromatic nitrogens is 1. The van der Waals surface area contributed by atoms with E-state index in [1.165, 1.54) is 25.7 Å². The standard InChI is InChI=1S/C15H25N3/c1-3-10-16-13(2)14-8-5-7-12-18(14)15-9-4-6-11-17-15/h4,6,9,11,13-14,16H,3,5,7-8,10,12H2,1-2H3. The van der Waals surface area contributed by atoms with Crippen LogP contribution >= 0.6 is 0 Å². The second-order valence-electron chi connectivity index (χ2n) is 5.19. The molecule has 1 aromatic rings. The fraction of sp³-hybridized carbons (Fsp3) is 0.667. The molecule has 1 fully saturated rings. The molecule has 0 amide bonds. The summed E-state index contributed by atoms with van der Waals surface area (Å²) in [6.07, 6.45) is 6.99. The predicted octanol–water partition coefficient (Wildman–Crippen LogP) is 2.83. The quantitative estimate of drug-likeness (QED) is 0.867. The normalized spacial score (nSPS) is 21.9. The summed E-state index contributed by atoms with van der Waals surface area (Å²) in [7, 11) is 0. The topological polar surface area (TPSA) is 28.2 Å². The van der Waals surface area contributed by atoms with E-state index >= 15 is 0 Å². The molecule has 2 atom stereocenters. The van der Waals surface area contributed by atoms with E-state index in [0.29, 0.717) is 12.1 Å². The second kappa shape index (κ2) is 6.74. The Morgan fingerprint density at radius 3 is 3.06 bits per heavy atom. The molecule has 0 aliphatic carbocycles. The number of hydrogen-bond acceptors (Lipinski definition) is 3. The first-order valence-electron chi connectivity index (χ1n) is 7.24. The van der Waals surface area contributed by atoms with Crippen molar-refractivity contribution in [2.75, 3.05) is 18.0 Å². The van der Waals surface area contributed by atoms with E-state index in [9.17, 15) is 0 Å². The van der Waals surface area contributed by atoms with Gasteiger partial charge in [-0.3, -0.25) is 0 Å². The molecule has 0 saturated carbocycles. The SMILES string of the molecule is CCCNC(C)C1CCCCN1c1ccccn1. The number of nitrogens with zero attached hydrogens (tertiary/aromatic N) is 2. The molecule has 0 spiro atoms. The largest absolute Gasteiger partial charge is 0.352 e. The smallest absolute Gasteiger partial charge is 0.128 e. The molecule has 1 N–H and O–H groups in total. The molecule has 0 radical (unpaired) electrons. The Morgan fingerprint density at radius 2 is 2.33 bits per heavy atom. The van der Waals surface area contributed by atoms with Crippen molar-refractivity contribution >= 4 is 5.82 Å². The van der Waals surface area contributed by atoms with Crippen LogP contribution in [0.2, 0.25) is 0 Å². The van der Waals surface area contributed by atoms with Crippen molar-refractivity contribution in [3.8, 4) is 0 Å². The van der Waals surface area contributed by atoms with E-state index in [1.807, 2.05) is 12.3 Å². The lowest BCUT2D eigenvalue weighted by atomic mass is 9.96. The zero-order valence-corrected chi connectivity index (χ0v) is 11.6. The predicted molar refractivity (Wildman–Crippen MR) is 77.0 cm³/mol. The molecule has 2 rings (SSSR count). The number of piperidine rings is 1. The van der Waals surface area contributed by atoms with Gasteiger partial charge in [0, 0.05) is 24.8 Å². The maximum absolute atomic E-state index is 4.51. The van der Waals surface area contributed by atoms with Crippen molar-refractivity contribution in [3.05, 3.63) is 24.4 Å². The monoisotopic (exact) mass is 247 g/mol. The van der Waals surface area contributed by atoms with E-state index in [0.717, 1.165) is 18.9 Å². The molecule has 3 heteroatoms. The molecule has 0 bridgehead atoms. The zero-order valence-electron chi connectivity index (χ0n) is 11.6. The Bertz CT molecular complexity index is 339. The lowest BCUT2D eigenvalue weighted by Gasteiger charge is -2.40. The molecule has 1 aliphatic heterocycles. The van der Waals surface area contributed by atoms with Crippen molar-refractivity contribution in [1.29, 1.82) is 0 Å². The molecule has 3 nitrogen and oxygen atoms in total. The molecule has 1 aromatic heterocycles. The van der Waals surface area contributed by atoms with E-state index in [2.05, 4.69) is 41.2 Å². The van der Waals surface area contributed by atoms with Gasteiger partial charge in [-0.15, -0.1) is 0 Å². The maximum atomic E-state index is 4.51. The Hall–Kier alpha value is -1.09. The van der Waals surface area contributed by atoms with E-state index in [4.69, 9.17) is 0 Å². The van der Waals surface area contributed by atoms with Crippen LogP contribution in [0, 0.1) is 0 Å². The highest BCUT2D eigenvalue weighted by Gasteiger charge is 2.27. The molecular formula is C15H25N3. The minimum Gasteiger partial charge on any atom is -0.352 e. The van der Waals surface area contributed by atoms with Gasteiger partial charge in [0.1, 0.15) is 5.82 Å². The minimum absolute atomic E-state index is 0.534.